The quantitative estimate of drug-likeness (QED) is 0.891. The molecule has 1 aromatic rings. The van der Waals surface area contributed by atoms with E-state index >= 15 is 0 Å². The Labute approximate surface area is 114 Å². The normalized spacial score (nSPS) is 19.1. The molecule has 2 heterocycles. The van der Waals surface area contributed by atoms with Crippen molar-refractivity contribution in [3.63, 3.8) is 0 Å². The summed E-state index contributed by atoms with van der Waals surface area (Å²) in [4.78, 5) is 6.25. The summed E-state index contributed by atoms with van der Waals surface area (Å²) in [6.45, 7) is 9.33. The van der Waals surface area contributed by atoms with Crippen LogP contribution in [0.2, 0.25) is 0 Å². The molecule has 1 aromatic heterocycles. The standard InChI is InChI=1S/C14H24N2OS/c1-4-8-15-14(6-9-17-10-7-14)13-16-12(5-2)11(3)18-13/h15H,4-10H2,1-3H3. The van der Waals surface area contributed by atoms with Crippen LogP contribution in [-0.4, -0.2) is 24.7 Å². The zero-order chi connectivity index (χ0) is 13.0. The van der Waals surface area contributed by atoms with E-state index < -0.39 is 0 Å². The number of thiazole rings is 1. The Hall–Kier alpha value is -0.450. The Kier molecular flexibility index (Phi) is 4.76. The first kappa shape index (κ1) is 14.0. The van der Waals surface area contributed by atoms with E-state index in [0.717, 1.165) is 45.4 Å². The molecule has 0 bridgehead atoms. The minimum absolute atomic E-state index is 0.0666. The zero-order valence-corrected chi connectivity index (χ0v) is 12.5. The van der Waals surface area contributed by atoms with Crippen LogP contribution in [0.1, 0.15) is 48.7 Å². The molecule has 4 heteroatoms. The lowest BCUT2D eigenvalue weighted by Crippen LogP contribution is -2.47. The SMILES string of the molecule is CCCNC1(c2nc(CC)c(C)s2)CCOCC1. The maximum Gasteiger partial charge on any atom is 0.113 e. The topological polar surface area (TPSA) is 34.2 Å². The summed E-state index contributed by atoms with van der Waals surface area (Å²) in [5, 5.41) is 5.01. The van der Waals surface area contributed by atoms with Gasteiger partial charge in [-0.05, 0) is 39.2 Å². The second kappa shape index (κ2) is 6.13. The van der Waals surface area contributed by atoms with Crippen LogP contribution in [0.15, 0.2) is 0 Å². The fraction of sp³-hybridized carbons (Fsp3) is 0.786. The third-order valence-corrected chi connectivity index (χ3v) is 4.91. The molecule has 0 spiro atoms. The first-order valence-electron chi connectivity index (χ1n) is 7.01. The van der Waals surface area contributed by atoms with Gasteiger partial charge in [0.15, 0.2) is 0 Å². The van der Waals surface area contributed by atoms with Crippen LogP contribution in [0.25, 0.3) is 0 Å². The minimum Gasteiger partial charge on any atom is -0.381 e. The van der Waals surface area contributed by atoms with E-state index in [0.29, 0.717) is 0 Å². The second-order valence-electron chi connectivity index (χ2n) is 5.00. The van der Waals surface area contributed by atoms with Crippen molar-refractivity contribution in [1.29, 1.82) is 0 Å². The highest BCUT2D eigenvalue weighted by atomic mass is 32.1. The van der Waals surface area contributed by atoms with Gasteiger partial charge in [-0.25, -0.2) is 4.98 Å². The van der Waals surface area contributed by atoms with Crippen LogP contribution in [0.4, 0.5) is 0 Å². The summed E-state index contributed by atoms with van der Waals surface area (Å²) in [6.07, 6.45) is 4.28. The largest absolute Gasteiger partial charge is 0.381 e. The van der Waals surface area contributed by atoms with Gasteiger partial charge >= 0.3 is 0 Å². The Morgan fingerprint density at radius 1 is 1.33 bits per heavy atom. The Morgan fingerprint density at radius 2 is 2.06 bits per heavy atom. The van der Waals surface area contributed by atoms with Gasteiger partial charge in [-0.15, -0.1) is 11.3 Å². The van der Waals surface area contributed by atoms with Crippen molar-refractivity contribution in [2.24, 2.45) is 0 Å². The van der Waals surface area contributed by atoms with Crippen molar-refractivity contribution in [1.82, 2.24) is 10.3 Å². The minimum atomic E-state index is 0.0666. The summed E-state index contributed by atoms with van der Waals surface area (Å²) in [6, 6.07) is 0. The van der Waals surface area contributed by atoms with Gasteiger partial charge in [0, 0.05) is 18.1 Å². The highest BCUT2D eigenvalue weighted by Crippen LogP contribution is 2.36. The van der Waals surface area contributed by atoms with Crippen molar-refractivity contribution >= 4 is 11.3 Å². The first-order chi connectivity index (χ1) is 8.72. The van der Waals surface area contributed by atoms with Crippen LogP contribution >= 0.6 is 11.3 Å². The molecule has 1 aliphatic heterocycles. The van der Waals surface area contributed by atoms with Gasteiger partial charge in [-0.1, -0.05) is 13.8 Å². The van der Waals surface area contributed by atoms with Gasteiger partial charge in [0.1, 0.15) is 5.01 Å². The van der Waals surface area contributed by atoms with E-state index in [4.69, 9.17) is 9.72 Å². The molecular formula is C14H24N2OS. The highest BCUT2D eigenvalue weighted by molar-refractivity contribution is 7.11. The average Bonchev–Trinajstić information content (AvgIpc) is 2.79. The van der Waals surface area contributed by atoms with Gasteiger partial charge < -0.3 is 10.1 Å². The van der Waals surface area contributed by atoms with E-state index in [1.807, 2.05) is 11.3 Å². The third-order valence-electron chi connectivity index (χ3n) is 3.70. The molecule has 0 radical (unpaired) electrons. The fourth-order valence-corrected chi connectivity index (χ4v) is 3.74. The molecule has 2 rings (SSSR count). The first-order valence-corrected chi connectivity index (χ1v) is 7.83. The molecule has 3 nitrogen and oxygen atoms in total. The second-order valence-corrected chi connectivity index (χ2v) is 6.20. The van der Waals surface area contributed by atoms with E-state index in [2.05, 4.69) is 26.1 Å². The zero-order valence-electron chi connectivity index (χ0n) is 11.7. The molecule has 0 amide bonds. The molecule has 1 saturated heterocycles. The lowest BCUT2D eigenvalue weighted by molar-refractivity contribution is 0.0366. The smallest absolute Gasteiger partial charge is 0.113 e. The number of rotatable bonds is 5. The van der Waals surface area contributed by atoms with Gasteiger partial charge in [0.2, 0.25) is 0 Å². The average molecular weight is 268 g/mol. The monoisotopic (exact) mass is 268 g/mol. The Bertz CT molecular complexity index is 383. The van der Waals surface area contributed by atoms with E-state index in [9.17, 15) is 0 Å². The number of nitrogens with zero attached hydrogens (tertiary/aromatic N) is 1. The van der Waals surface area contributed by atoms with Crippen molar-refractivity contribution in [2.45, 2.75) is 52.0 Å². The third kappa shape index (κ3) is 2.76. The molecular weight excluding hydrogens is 244 g/mol. The molecule has 0 aliphatic carbocycles. The molecule has 1 N–H and O–H groups in total. The van der Waals surface area contributed by atoms with Crippen molar-refractivity contribution < 1.29 is 4.74 Å². The molecule has 0 unspecified atom stereocenters. The van der Waals surface area contributed by atoms with Crippen LogP contribution in [0, 0.1) is 6.92 Å². The van der Waals surface area contributed by atoms with Crippen LogP contribution < -0.4 is 5.32 Å². The predicted octanol–water partition coefficient (Wildman–Crippen LogP) is 3.02. The van der Waals surface area contributed by atoms with Crippen molar-refractivity contribution in [3.8, 4) is 0 Å². The molecule has 1 fully saturated rings. The molecule has 0 aromatic carbocycles. The van der Waals surface area contributed by atoms with Crippen LogP contribution in [0.5, 0.6) is 0 Å². The van der Waals surface area contributed by atoms with Gasteiger partial charge in [0.25, 0.3) is 0 Å². The summed E-state index contributed by atoms with van der Waals surface area (Å²) < 4.78 is 5.53. The predicted molar refractivity (Wildman–Crippen MR) is 76.3 cm³/mol. The van der Waals surface area contributed by atoms with E-state index in [1.54, 1.807) is 0 Å². The summed E-state index contributed by atoms with van der Waals surface area (Å²) in [7, 11) is 0. The molecule has 0 atom stereocenters. The summed E-state index contributed by atoms with van der Waals surface area (Å²) >= 11 is 1.87. The van der Waals surface area contributed by atoms with Gasteiger partial charge in [-0.2, -0.15) is 0 Å². The molecule has 102 valence electrons. The highest BCUT2D eigenvalue weighted by Gasteiger charge is 2.36. The molecule has 0 saturated carbocycles. The number of aromatic nitrogens is 1. The Balaban J connectivity index is 2.26. The number of aryl methyl sites for hydroxylation is 2. The molecule has 1 aliphatic rings. The van der Waals surface area contributed by atoms with Crippen molar-refractivity contribution in [2.75, 3.05) is 19.8 Å². The number of hydrogen-bond donors (Lipinski definition) is 1. The number of ether oxygens (including phenoxy) is 1. The molecule has 18 heavy (non-hydrogen) atoms. The van der Waals surface area contributed by atoms with Crippen LogP contribution in [-0.2, 0) is 16.7 Å². The Morgan fingerprint density at radius 3 is 2.61 bits per heavy atom. The fourth-order valence-electron chi connectivity index (χ4n) is 2.51. The van der Waals surface area contributed by atoms with E-state index in [1.165, 1.54) is 15.6 Å². The summed E-state index contributed by atoms with van der Waals surface area (Å²) in [5.74, 6) is 0. The lowest BCUT2D eigenvalue weighted by atomic mass is 9.90. The van der Waals surface area contributed by atoms with Gasteiger partial charge in [-0.3, -0.25) is 0 Å². The maximum absolute atomic E-state index is 5.53. The van der Waals surface area contributed by atoms with E-state index in [-0.39, 0.29) is 5.54 Å². The summed E-state index contributed by atoms with van der Waals surface area (Å²) in [5.41, 5.74) is 1.33. The van der Waals surface area contributed by atoms with Crippen LogP contribution in [0.3, 0.4) is 0 Å². The van der Waals surface area contributed by atoms with Crippen molar-refractivity contribution in [3.05, 3.63) is 15.6 Å². The maximum atomic E-state index is 5.53. The van der Waals surface area contributed by atoms with Gasteiger partial charge in [0.05, 0.1) is 11.2 Å². The lowest BCUT2D eigenvalue weighted by Gasteiger charge is -2.36. The number of hydrogen-bond acceptors (Lipinski definition) is 4. The number of nitrogens with one attached hydrogen (secondary N) is 1.